The molecule has 0 radical (unpaired) electrons. The highest BCUT2D eigenvalue weighted by atomic mass is 16.3. The third kappa shape index (κ3) is 3.10. The van der Waals surface area contributed by atoms with Gasteiger partial charge >= 0.3 is 0 Å². The number of carbonyl (C=O) groups is 1. The number of aliphatic hydroxyl groups excluding tert-OH is 1. The van der Waals surface area contributed by atoms with Crippen LogP contribution >= 0.6 is 0 Å². The summed E-state index contributed by atoms with van der Waals surface area (Å²) < 4.78 is 0. The number of nitrogens with zero attached hydrogens (tertiary/aromatic N) is 2. The van der Waals surface area contributed by atoms with Crippen LogP contribution in [-0.4, -0.2) is 60.1 Å². The maximum atomic E-state index is 12.6. The average molecular weight is 264 g/mol. The smallest absolute Gasteiger partial charge is 0.230 e. The standard InChI is InChI=1S/C15H24N2O2/c1-2-3-4-8-16-10-7-15(13-16)6-5-9-17(11-12-18)14(15)19/h18H,2,5-13H2,1H3/t15-/m1/s1. The van der Waals surface area contributed by atoms with Crippen molar-refractivity contribution in [2.45, 2.75) is 32.6 Å². The fourth-order valence-corrected chi connectivity index (χ4v) is 3.25. The van der Waals surface area contributed by atoms with E-state index >= 15 is 0 Å². The lowest BCUT2D eigenvalue weighted by Crippen LogP contribution is -2.50. The minimum atomic E-state index is -0.193. The number of aliphatic hydroxyl groups is 1. The van der Waals surface area contributed by atoms with E-state index in [2.05, 4.69) is 23.7 Å². The Morgan fingerprint density at radius 1 is 1.32 bits per heavy atom. The van der Waals surface area contributed by atoms with Gasteiger partial charge in [-0.1, -0.05) is 12.8 Å². The number of β-amino-alcohol motifs (C(OH)–C–C–N with tert-alkyl or cyclic N) is 1. The second-order valence-corrected chi connectivity index (χ2v) is 5.57. The van der Waals surface area contributed by atoms with Crippen LogP contribution in [0.3, 0.4) is 0 Å². The Bertz CT molecular complexity index is 383. The van der Waals surface area contributed by atoms with Crippen molar-refractivity contribution in [3.63, 3.8) is 0 Å². The summed E-state index contributed by atoms with van der Waals surface area (Å²) in [5, 5.41) is 9.04. The number of amides is 1. The van der Waals surface area contributed by atoms with Gasteiger partial charge in [0, 0.05) is 32.6 Å². The van der Waals surface area contributed by atoms with Crippen LogP contribution in [0.25, 0.3) is 0 Å². The predicted octanol–water partition coefficient (Wildman–Crippen LogP) is 0.707. The summed E-state index contributed by atoms with van der Waals surface area (Å²) in [6.07, 6.45) is 3.88. The van der Waals surface area contributed by atoms with Crippen molar-refractivity contribution in [3.8, 4) is 11.8 Å². The summed E-state index contributed by atoms with van der Waals surface area (Å²) in [5.74, 6) is 6.50. The predicted molar refractivity (Wildman–Crippen MR) is 74.5 cm³/mol. The van der Waals surface area contributed by atoms with Gasteiger partial charge in [0.2, 0.25) is 5.91 Å². The number of carbonyl (C=O) groups excluding carboxylic acids is 1. The molecule has 0 saturated carbocycles. The van der Waals surface area contributed by atoms with Crippen LogP contribution in [0.2, 0.25) is 0 Å². The third-order valence-electron chi connectivity index (χ3n) is 4.23. The van der Waals surface area contributed by atoms with Gasteiger partial charge in [0.1, 0.15) is 0 Å². The maximum absolute atomic E-state index is 12.6. The lowest BCUT2D eigenvalue weighted by molar-refractivity contribution is -0.146. The molecule has 2 rings (SSSR count). The van der Waals surface area contributed by atoms with Gasteiger partial charge in [-0.05, 0) is 19.3 Å². The van der Waals surface area contributed by atoms with Gasteiger partial charge in [0.25, 0.3) is 0 Å². The van der Waals surface area contributed by atoms with E-state index in [1.165, 1.54) is 0 Å². The van der Waals surface area contributed by atoms with Crippen molar-refractivity contribution in [3.05, 3.63) is 0 Å². The zero-order chi connectivity index (χ0) is 13.7. The number of piperidine rings is 1. The molecule has 0 aliphatic carbocycles. The highest BCUT2D eigenvalue weighted by Crippen LogP contribution is 2.39. The first-order chi connectivity index (χ1) is 9.22. The van der Waals surface area contributed by atoms with Crippen LogP contribution in [0, 0.1) is 17.3 Å². The molecule has 1 amide bonds. The second-order valence-electron chi connectivity index (χ2n) is 5.57. The molecule has 2 saturated heterocycles. The Kier molecular flexibility index (Phi) is 4.84. The molecule has 0 aromatic carbocycles. The fraction of sp³-hybridized carbons (Fsp3) is 0.800. The van der Waals surface area contributed by atoms with E-state index in [-0.39, 0.29) is 17.9 Å². The number of hydrogen-bond acceptors (Lipinski definition) is 3. The molecule has 0 bridgehead atoms. The Morgan fingerprint density at radius 3 is 2.89 bits per heavy atom. The Morgan fingerprint density at radius 2 is 2.16 bits per heavy atom. The number of hydrogen-bond donors (Lipinski definition) is 1. The monoisotopic (exact) mass is 264 g/mol. The van der Waals surface area contributed by atoms with Crippen molar-refractivity contribution in [2.24, 2.45) is 5.41 Å². The summed E-state index contributed by atoms with van der Waals surface area (Å²) >= 11 is 0. The van der Waals surface area contributed by atoms with Crippen molar-refractivity contribution >= 4 is 5.91 Å². The Labute approximate surface area is 115 Å². The van der Waals surface area contributed by atoms with Crippen LogP contribution in [0.15, 0.2) is 0 Å². The molecule has 1 atom stereocenters. The van der Waals surface area contributed by atoms with Gasteiger partial charge in [-0.25, -0.2) is 0 Å². The summed E-state index contributed by atoms with van der Waals surface area (Å²) in [5.41, 5.74) is -0.193. The minimum Gasteiger partial charge on any atom is -0.395 e. The maximum Gasteiger partial charge on any atom is 0.230 e. The molecular weight excluding hydrogens is 240 g/mol. The normalized spacial score (nSPS) is 27.7. The molecule has 1 N–H and O–H groups in total. The van der Waals surface area contributed by atoms with E-state index in [0.717, 1.165) is 51.9 Å². The first-order valence-corrected chi connectivity index (χ1v) is 7.30. The SMILES string of the molecule is CCC#CCN1CC[C@]2(CCCN(CCO)C2=O)C1. The van der Waals surface area contributed by atoms with Gasteiger partial charge in [0.05, 0.1) is 18.6 Å². The quantitative estimate of drug-likeness (QED) is 0.763. The van der Waals surface area contributed by atoms with E-state index in [4.69, 9.17) is 5.11 Å². The van der Waals surface area contributed by atoms with Crippen molar-refractivity contribution in [2.75, 3.05) is 39.3 Å². The van der Waals surface area contributed by atoms with E-state index in [9.17, 15) is 4.79 Å². The first-order valence-electron chi connectivity index (χ1n) is 7.30. The van der Waals surface area contributed by atoms with Crippen LogP contribution < -0.4 is 0 Å². The lowest BCUT2D eigenvalue weighted by atomic mass is 9.78. The van der Waals surface area contributed by atoms with Crippen molar-refractivity contribution in [1.29, 1.82) is 0 Å². The van der Waals surface area contributed by atoms with Crippen molar-refractivity contribution < 1.29 is 9.90 Å². The summed E-state index contributed by atoms with van der Waals surface area (Å²) in [7, 11) is 0. The molecule has 4 heteroatoms. The molecule has 2 aliphatic heterocycles. The topological polar surface area (TPSA) is 43.8 Å². The van der Waals surface area contributed by atoms with Gasteiger partial charge in [-0.2, -0.15) is 0 Å². The van der Waals surface area contributed by atoms with Crippen molar-refractivity contribution in [1.82, 2.24) is 9.80 Å². The average Bonchev–Trinajstić information content (AvgIpc) is 2.80. The lowest BCUT2D eigenvalue weighted by Gasteiger charge is -2.39. The molecule has 4 nitrogen and oxygen atoms in total. The molecule has 106 valence electrons. The zero-order valence-corrected chi connectivity index (χ0v) is 11.8. The molecule has 0 aromatic rings. The minimum absolute atomic E-state index is 0.0630. The molecule has 0 aromatic heterocycles. The number of likely N-dealkylation sites (tertiary alicyclic amines) is 2. The molecule has 1 spiro atoms. The van der Waals surface area contributed by atoms with E-state index in [1.54, 1.807) is 0 Å². The molecule has 0 unspecified atom stereocenters. The highest BCUT2D eigenvalue weighted by Gasteiger charge is 2.47. The number of rotatable bonds is 3. The fourth-order valence-electron chi connectivity index (χ4n) is 3.25. The van der Waals surface area contributed by atoms with Crippen LogP contribution in [0.1, 0.15) is 32.6 Å². The Balaban J connectivity index is 1.97. The van der Waals surface area contributed by atoms with Crippen LogP contribution in [-0.2, 0) is 4.79 Å². The molecule has 2 heterocycles. The summed E-state index contributed by atoms with van der Waals surface area (Å²) in [4.78, 5) is 16.7. The molecule has 2 aliphatic rings. The van der Waals surface area contributed by atoms with E-state index in [1.807, 2.05) is 4.90 Å². The first kappa shape index (κ1) is 14.4. The molecule has 19 heavy (non-hydrogen) atoms. The summed E-state index contributed by atoms with van der Waals surface area (Å²) in [6, 6.07) is 0. The largest absolute Gasteiger partial charge is 0.395 e. The van der Waals surface area contributed by atoms with Gasteiger partial charge in [-0.3, -0.25) is 9.69 Å². The van der Waals surface area contributed by atoms with Gasteiger partial charge in [0.15, 0.2) is 0 Å². The molecule has 2 fully saturated rings. The third-order valence-corrected chi connectivity index (χ3v) is 4.23. The summed E-state index contributed by atoms with van der Waals surface area (Å²) in [6.45, 7) is 5.99. The van der Waals surface area contributed by atoms with Gasteiger partial charge < -0.3 is 10.0 Å². The van der Waals surface area contributed by atoms with E-state index < -0.39 is 0 Å². The zero-order valence-electron chi connectivity index (χ0n) is 11.8. The van der Waals surface area contributed by atoms with Crippen LogP contribution in [0.5, 0.6) is 0 Å². The van der Waals surface area contributed by atoms with Gasteiger partial charge in [-0.15, -0.1) is 5.92 Å². The highest BCUT2D eigenvalue weighted by molar-refractivity contribution is 5.84. The Hall–Kier alpha value is -1.05. The second kappa shape index (κ2) is 6.40. The van der Waals surface area contributed by atoms with Crippen LogP contribution in [0.4, 0.5) is 0 Å². The molecular formula is C15H24N2O2. The van der Waals surface area contributed by atoms with E-state index in [0.29, 0.717) is 6.54 Å².